The van der Waals surface area contributed by atoms with Gasteiger partial charge < -0.3 is 15.4 Å². The number of hydrogen-bond donors (Lipinski definition) is 2. The molecule has 0 radical (unpaired) electrons. The number of benzene rings is 2. The number of dihydropyridines is 1. The Kier molecular flexibility index (Phi) is 8.56. The molecule has 0 fully saturated rings. The van der Waals surface area contributed by atoms with E-state index < -0.39 is 11.9 Å². The molecule has 1 amide bonds. The van der Waals surface area contributed by atoms with E-state index in [1.54, 1.807) is 6.92 Å². The molecule has 0 spiro atoms. The minimum Gasteiger partial charge on any atom is -0.458 e. The molecule has 6 nitrogen and oxygen atoms in total. The van der Waals surface area contributed by atoms with Crippen LogP contribution in [0.1, 0.15) is 35.1 Å². The molecule has 1 aliphatic rings. The highest BCUT2D eigenvalue weighted by Crippen LogP contribution is 2.41. The lowest BCUT2D eigenvalue weighted by Crippen LogP contribution is -2.29. The summed E-state index contributed by atoms with van der Waals surface area (Å²) >= 11 is 1.23. The van der Waals surface area contributed by atoms with Gasteiger partial charge >= 0.3 is 5.97 Å². The van der Waals surface area contributed by atoms with Crippen LogP contribution < -0.4 is 10.6 Å². The molecular formula is C28H29N3O3S. The number of esters is 1. The predicted molar refractivity (Wildman–Crippen MR) is 141 cm³/mol. The van der Waals surface area contributed by atoms with Gasteiger partial charge in [0.25, 0.3) is 0 Å². The standard InChI is InChI=1S/C28H29N3O3S/c1-6-13-34-28(33)25-20(5)30-27(23(15-29)26(25)21-10-7-17(2)8-11-21)35-16-24(32)31-22-12-9-18(3)19(4)14-22/h6-12,14,26,30H,1,13,16H2,2-5H3,(H,31,32)/t26-/m1/s1. The maximum absolute atomic E-state index is 12.9. The van der Waals surface area contributed by atoms with Crippen LogP contribution in [0.4, 0.5) is 5.69 Å². The molecule has 0 aromatic heterocycles. The Balaban J connectivity index is 1.88. The fraction of sp³-hybridized carbons (Fsp3) is 0.250. The lowest BCUT2D eigenvalue weighted by atomic mass is 9.82. The predicted octanol–water partition coefficient (Wildman–Crippen LogP) is 5.41. The third kappa shape index (κ3) is 6.23. The van der Waals surface area contributed by atoms with Gasteiger partial charge in [-0.15, -0.1) is 0 Å². The second-order valence-electron chi connectivity index (χ2n) is 8.39. The zero-order valence-corrected chi connectivity index (χ0v) is 21.2. The van der Waals surface area contributed by atoms with Crippen LogP contribution >= 0.6 is 11.8 Å². The molecule has 2 N–H and O–H groups in total. The second-order valence-corrected chi connectivity index (χ2v) is 9.37. The van der Waals surface area contributed by atoms with Gasteiger partial charge in [0.2, 0.25) is 5.91 Å². The Labute approximate surface area is 210 Å². The van der Waals surface area contributed by atoms with Crippen molar-refractivity contribution in [2.45, 2.75) is 33.6 Å². The normalized spacial score (nSPS) is 15.2. The number of nitriles is 1. The highest BCUT2D eigenvalue weighted by atomic mass is 32.2. The number of amides is 1. The molecule has 1 atom stereocenters. The lowest BCUT2D eigenvalue weighted by Gasteiger charge is -2.29. The third-order valence-corrected chi connectivity index (χ3v) is 6.77. The van der Waals surface area contributed by atoms with Crippen molar-refractivity contribution in [3.8, 4) is 6.07 Å². The van der Waals surface area contributed by atoms with Crippen molar-refractivity contribution in [2.24, 2.45) is 0 Å². The monoisotopic (exact) mass is 487 g/mol. The highest BCUT2D eigenvalue weighted by Gasteiger charge is 2.35. The topological polar surface area (TPSA) is 91.2 Å². The van der Waals surface area contributed by atoms with Crippen LogP contribution in [0.15, 0.2) is 77.0 Å². The summed E-state index contributed by atoms with van der Waals surface area (Å²) in [6.07, 6.45) is 1.50. The van der Waals surface area contributed by atoms with E-state index in [1.807, 2.05) is 63.2 Å². The van der Waals surface area contributed by atoms with Gasteiger partial charge in [-0.2, -0.15) is 5.26 Å². The van der Waals surface area contributed by atoms with Gasteiger partial charge in [-0.05, 0) is 56.5 Å². The van der Waals surface area contributed by atoms with Crippen molar-refractivity contribution in [1.29, 1.82) is 5.26 Å². The number of anilines is 1. The van der Waals surface area contributed by atoms with E-state index in [1.165, 1.54) is 17.8 Å². The zero-order valence-electron chi connectivity index (χ0n) is 20.4. The van der Waals surface area contributed by atoms with Gasteiger partial charge in [-0.3, -0.25) is 4.79 Å². The van der Waals surface area contributed by atoms with Gasteiger partial charge in [-0.25, -0.2) is 4.79 Å². The first-order valence-corrected chi connectivity index (χ1v) is 12.2. The van der Waals surface area contributed by atoms with Gasteiger partial charge in [0, 0.05) is 11.4 Å². The smallest absolute Gasteiger partial charge is 0.337 e. The Morgan fingerprint density at radius 2 is 1.86 bits per heavy atom. The van der Waals surface area contributed by atoms with Crippen LogP contribution in [0.25, 0.3) is 0 Å². The molecule has 0 saturated heterocycles. The summed E-state index contributed by atoms with van der Waals surface area (Å²) in [5.74, 6) is -1.20. The number of hydrogen-bond acceptors (Lipinski definition) is 6. The number of rotatable bonds is 8. The highest BCUT2D eigenvalue weighted by molar-refractivity contribution is 8.03. The van der Waals surface area contributed by atoms with E-state index in [9.17, 15) is 14.9 Å². The number of nitrogens with one attached hydrogen (secondary N) is 2. The molecular weight excluding hydrogens is 458 g/mol. The fourth-order valence-electron chi connectivity index (χ4n) is 3.76. The van der Waals surface area contributed by atoms with Gasteiger partial charge in [0.05, 0.1) is 33.9 Å². The van der Waals surface area contributed by atoms with E-state index in [0.29, 0.717) is 21.9 Å². The zero-order chi connectivity index (χ0) is 25.5. The fourth-order valence-corrected chi connectivity index (χ4v) is 4.65. The Morgan fingerprint density at radius 3 is 2.49 bits per heavy atom. The number of thioether (sulfide) groups is 1. The number of aryl methyl sites for hydroxylation is 3. The van der Waals surface area contributed by atoms with Gasteiger partial charge in [-0.1, -0.05) is 60.3 Å². The van der Waals surface area contributed by atoms with Crippen LogP contribution in [0.5, 0.6) is 0 Å². The molecule has 7 heteroatoms. The molecule has 1 aliphatic heterocycles. The SMILES string of the molecule is C=CCOC(=O)C1=C(C)NC(SCC(=O)Nc2ccc(C)c(C)c2)=C(C#N)[C@H]1c1ccc(C)cc1. The largest absolute Gasteiger partial charge is 0.458 e. The van der Waals surface area contributed by atoms with Crippen LogP contribution in [0.3, 0.4) is 0 Å². The molecule has 3 rings (SSSR count). The van der Waals surface area contributed by atoms with Gasteiger partial charge in [0.1, 0.15) is 6.61 Å². The molecule has 180 valence electrons. The van der Waals surface area contributed by atoms with Crippen molar-refractivity contribution in [3.05, 3.63) is 99.2 Å². The Bertz CT molecular complexity index is 1250. The van der Waals surface area contributed by atoms with Crippen LogP contribution in [-0.4, -0.2) is 24.2 Å². The van der Waals surface area contributed by atoms with Crippen LogP contribution in [0, 0.1) is 32.1 Å². The maximum Gasteiger partial charge on any atom is 0.337 e. The summed E-state index contributed by atoms with van der Waals surface area (Å²) in [5, 5.41) is 16.7. The van der Waals surface area contributed by atoms with E-state index in [2.05, 4.69) is 23.3 Å². The second kappa shape index (κ2) is 11.6. The van der Waals surface area contributed by atoms with Crippen LogP contribution in [0.2, 0.25) is 0 Å². The summed E-state index contributed by atoms with van der Waals surface area (Å²) in [7, 11) is 0. The lowest BCUT2D eigenvalue weighted by molar-refractivity contribution is -0.138. The summed E-state index contributed by atoms with van der Waals surface area (Å²) in [4.78, 5) is 25.6. The van der Waals surface area contributed by atoms with E-state index in [-0.39, 0.29) is 18.3 Å². The first-order valence-electron chi connectivity index (χ1n) is 11.2. The molecule has 2 aromatic carbocycles. The maximum atomic E-state index is 12.9. The first kappa shape index (κ1) is 25.9. The van der Waals surface area contributed by atoms with Crippen molar-refractivity contribution < 1.29 is 14.3 Å². The number of carbonyl (C=O) groups is 2. The summed E-state index contributed by atoms with van der Waals surface area (Å²) in [6, 6.07) is 15.7. The van der Waals surface area contributed by atoms with Crippen molar-refractivity contribution >= 4 is 29.3 Å². The molecule has 0 aliphatic carbocycles. The quantitative estimate of drug-likeness (QED) is 0.382. The molecule has 0 bridgehead atoms. The summed E-state index contributed by atoms with van der Waals surface area (Å²) in [5.41, 5.74) is 6.17. The van der Waals surface area contributed by atoms with Crippen molar-refractivity contribution in [1.82, 2.24) is 5.32 Å². The molecule has 1 heterocycles. The average Bonchev–Trinajstić information content (AvgIpc) is 2.83. The molecule has 0 unspecified atom stereocenters. The number of allylic oxidation sites excluding steroid dienone is 2. The van der Waals surface area contributed by atoms with Crippen molar-refractivity contribution in [3.63, 3.8) is 0 Å². The van der Waals surface area contributed by atoms with E-state index >= 15 is 0 Å². The minimum atomic E-state index is -0.607. The van der Waals surface area contributed by atoms with E-state index in [4.69, 9.17) is 4.74 Å². The number of ether oxygens (including phenoxy) is 1. The van der Waals surface area contributed by atoms with Crippen LogP contribution in [-0.2, 0) is 14.3 Å². The minimum absolute atomic E-state index is 0.0715. The Morgan fingerprint density at radius 1 is 1.14 bits per heavy atom. The first-order chi connectivity index (χ1) is 16.7. The molecule has 35 heavy (non-hydrogen) atoms. The number of carbonyl (C=O) groups excluding carboxylic acids is 2. The number of nitrogens with zero attached hydrogens (tertiary/aromatic N) is 1. The summed E-state index contributed by atoms with van der Waals surface area (Å²) in [6.45, 7) is 11.4. The third-order valence-electron chi connectivity index (χ3n) is 5.75. The van der Waals surface area contributed by atoms with Gasteiger partial charge in [0.15, 0.2) is 0 Å². The average molecular weight is 488 g/mol. The van der Waals surface area contributed by atoms with Crippen molar-refractivity contribution in [2.75, 3.05) is 17.7 Å². The summed E-state index contributed by atoms with van der Waals surface area (Å²) < 4.78 is 5.33. The molecule has 2 aromatic rings. The molecule has 0 saturated carbocycles. The van der Waals surface area contributed by atoms with E-state index in [0.717, 1.165) is 27.9 Å². The Hall–Kier alpha value is -3.76.